The number of rotatable bonds is 6. The maximum Gasteiger partial charge on any atom is 0.323 e. The minimum Gasteiger partial charge on any atom is -0.480 e. The van der Waals surface area contributed by atoms with E-state index in [2.05, 4.69) is 26.8 Å². The highest BCUT2D eigenvalue weighted by Crippen LogP contribution is 2.34. The van der Waals surface area contributed by atoms with Gasteiger partial charge < -0.3 is 14.3 Å². The molecule has 6 nitrogen and oxygen atoms in total. The summed E-state index contributed by atoms with van der Waals surface area (Å²) in [5.41, 5.74) is 2.03. The summed E-state index contributed by atoms with van der Waals surface area (Å²) in [5, 5.41) is 8.97. The molecule has 8 heteroatoms. The number of benzene rings is 2. The molecule has 0 unspecified atom stereocenters. The maximum atomic E-state index is 12.5. The van der Waals surface area contributed by atoms with E-state index in [1.54, 1.807) is 12.1 Å². The van der Waals surface area contributed by atoms with Crippen molar-refractivity contribution in [2.24, 2.45) is 0 Å². The number of amides is 1. The minimum atomic E-state index is -1.12. The Morgan fingerprint density at radius 1 is 1.12 bits per heavy atom. The van der Waals surface area contributed by atoms with Gasteiger partial charge in [-0.2, -0.15) is 0 Å². The third-order valence-electron chi connectivity index (χ3n) is 5.12. The topological polar surface area (TPSA) is 80.0 Å². The van der Waals surface area contributed by atoms with E-state index in [0.29, 0.717) is 22.2 Å². The van der Waals surface area contributed by atoms with Crippen LogP contribution in [0.3, 0.4) is 0 Å². The van der Waals surface area contributed by atoms with Crippen molar-refractivity contribution >= 4 is 46.3 Å². The first-order valence-corrected chi connectivity index (χ1v) is 11.8. The number of aliphatic carboxylic acids is 1. The van der Waals surface area contributed by atoms with Gasteiger partial charge in [0.2, 0.25) is 0 Å². The summed E-state index contributed by atoms with van der Waals surface area (Å²) in [6, 6.07) is 19.2. The van der Waals surface area contributed by atoms with Crippen molar-refractivity contribution in [2.45, 2.75) is 26.2 Å². The first-order chi connectivity index (χ1) is 16.1. The number of carboxylic acid groups (broad SMARTS) is 1. The van der Waals surface area contributed by atoms with Crippen molar-refractivity contribution in [1.29, 1.82) is 0 Å². The highest BCUT2D eigenvalue weighted by Gasteiger charge is 2.33. The molecule has 2 heterocycles. The third kappa shape index (κ3) is 5.40. The van der Waals surface area contributed by atoms with E-state index >= 15 is 0 Å². The Bertz CT molecular complexity index is 1300. The van der Waals surface area contributed by atoms with Gasteiger partial charge >= 0.3 is 5.97 Å². The van der Waals surface area contributed by atoms with Gasteiger partial charge in [-0.25, -0.2) is 0 Å². The number of thiocarbonyl (C=S) groups is 1. The average molecular weight is 494 g/mol. The molecule has 1 amide bonds. The second-order valence-electron chi connectivity index (χ2n) is 8.77. The normalized spacial score (nSPS) is 15.3. The number of thioether (sulfide) groups is 1. The molecule has 0 aliphatic carbocycles. The summed E-state index contributed by atoms with van der Waals surface area (Å²) in [4.78, 5) is 24.8. The molecular formula is C26H23NO5S2. The zero-order valence-electron chi connectivity index (χ0n) is 18.9. The van der Waals surface area contributed by atoms with E-state index in [4.69, 9.17) is 26.5 Å². The molecule has 1 aromatic heterocycles. The van der Waals surface area contributed by atoms with Crippen LogP contribution >= 0.6 is 24.0 Å². The second kappa shape index (κ2) is 9.48. The fraction of sp³-hybridized carbons (Fsp3) is 0.192. The van der Waals surface area contributed by atoms with Crippen molar-refractivity contribution < 1.29 is 23.8 Å². The van der Waals surface area contributed by atoms with Crippen LogP contribution in [-0.4, -0.2) is 32.7 Å². The largest absolute Gasteiger partial charge is 0.480 e. The lowest BCUT2D eigenvalue weighted by atomic mass is 9.87. The van der Waals surface area contributed by atoms with E-state index in [9.17, 15) is 9.59 Å². The van der Waals surface area contributed by atoms with Gasteiger partial charge in [-0.05, 0) is 47.4 Å². The van der Waals surface area contributed by atoms with Crippen molar-refractivity contribution in [3.63, 3.8) is 0 Å². The quantitative estimate of drug-likeness (QED) is 0.318. The number of ether oxygens (including phenoxy) is 1. The van der Waals surface area contributed by atoms with Crippen LogP contribution in [0.5, 0.6) is 11.5 Å². The Hall–Kier alpha value is -3.36. The SMILES string of the molecule is CC(C)(C)c1cccc(Oc2cccc(-c3ccc(C=C4SC(=S)N(CC(=O)O)C4=O)o3)c2)c1. The predicted molar refractivity (Wildman–Crippen MR) is 137 cm³/mol. The van der Waals surface area contributed by atoms with Crippen LogP contribution in [0, 0.1) is 0 Å². The Morgan fingerprint density at radius 2 is 1.82 bits per heavy atom. The maximum absolute atomic E-state index is 12.5. The number of furan rings is 1. The summed E-state index contributed by atoms with van der Waals surface area (Å²) in [6.07, 6.45) is 1.57. The van der Waals surface area contributed by atoms with Crippen molar-refractivity contribution in [1.82, 2.24) is 4.90 Å². The smallest absolute Gasteiger partial charge is 0.323 e. The highest BCUT2D eigenvalue weighted by atomic mass is 32.2. The van der Waals surface area contributed by atoms with Gasteiger partial charge in [0, 0.05) is 11.6 Å². The van der Waals surface area contributed by atoms with Crippen molar-refractivity contribution in [3.8, 4) is 22.8 Å². The molecule has 3 aromatic rings. The zero-order valence-corrected chi connectivity index (χ0v) is 20.5. The molecule has 1 aliphatic heterocycles. The van der Waals surface area contributed by atoms with E-state index in [1.807, 2.05) is 48.5 Å². The van der Waals surface area contributed by atoms with E-state index in [-0.39, 0.29) is 9.74 Å². The lowest BCUT2D eigenvalue weighted by Gasteiger charge is -2.19. The molecule has 2 aromatic carbocycles. The number of carbonyl (C=O) groups excluding carboxylic acids is 1. The van der Waals surface area contributed by atoms with Gasteiger partial charge in [-0.3, -0.25) is 14.5 Å². The fourth-order valence-electron chi connectivity index (χ4n) is 3.36. The standard InChI is InChI=1S/C26H23NO5S2/c1-26(2,3)17-7-5-9-19(13-17)31-18-8-4-6-16(12-18)21-11-10-20(32-21)14-22-24(30)27(15-23(28)29)25(33)34-22/h4-14H,15H2,1-3H3,(H,28,29). The van der Waals surface area contributed by atoms with Crippen LogP contribution < -0.4 is 4.74 Å². The Labute approximate surface area is 207 Å². The molecule has 0 bridgehead atoms. The van der Waals surface area contributed by atoms with Crippen LogP contribution in [0.4, 0.5) is 0 Å². The van der Waals surface area contributed by atoms with Gasteiger partial charge in [-0.15, -0.1) is 0 Å². The Morgan fingerprint density at radius 3 is 2.53 bits per heavy atom. The van der Waals surface area contributed by atoms with Crippen molar-refractivity contribution in [3.05, 3.63) is 76.9 Å². The van der Waals surface area contributed by atoms with Gasteiger partial charge in [-0.1, -0.05) is 69.0 Å². The second-order valence-corrected chi connectivity index (χ2v) is 10.4. The Kier molecular flexibility index (Phi) is 6.63. The summed E-state index contributed by atoms with van der Waals surface area (Å²) in [7, 11) is 0. The highest BCUT2D eigenvalue weighted by molar-refractivity contribution is 8.26. The number of hydrogen-bond donors (Lipinski definition) is 1. The number of carboxylic acids is 1. The fourth-order valence-corrected chi connectivity index (χ4v) is 4.60. The average Bonchev–Trinajstić information content (AvgIpc) is 3.34. The van der Waals surface area contributed by atoms with Gasteiger partial charge in [0.1, 0.15) is 33.9 Å². The molecule has 4 rings (SSSR count). The minimum absolute atomic E-state index is 0.0215. The van der Waals surface area contributed by atoms with Gasteiger partial charge in [0.15, 0.2) is 0 Å². The van der Waals surface area contributed by atoms with Crippen LogP contribution in [0.15, 0.2) is 70.0 Å². The lowest BCUT2D eigenvalue weighted by molar-refractivity contribution is -0.140. The number of carbonyl (C=O) groups is 2. The third-order valence-corrected chi connectivity index (χ3v) is 6.50. The molecule has 0 saturated carbocycles. The first-order valence-electron chi connectivity index (χ1n) is 10.6. The molecule has 1 aliphatic rings. The monoisotopic (exact) mass is 493 g/mol. The van der Waals surface area contributed by atoms with Crippen LogP contribution in [0.1, 0.15) is 32.1 Å². The molecule has 0 atom stereocenters. The molecule has 1 N–H and O–H groups in total. The van der Waals surface area contributed by atoms with Gasteiger partial charge in [0.25, 0.3) is 5.91 Å². The first kappa shape index (κ1) is 23.8. The molecule has 1 fully saturated rings. The predicted octanol–water partition coefficient (Wildman–Crippen LogP) is 6.32. The van der Waals surface area contributed by atoms with Crippen LogP contribution in [0.25, 0.3) is 17.4 Å². The van der Waals surface area contributed by atoms with E-state index in [1.165, 1.54) is 5.56 Å². The summed E-state index contributed by atoms with van der Waals surface area (Å²) in [5.74, 6) is 0.952. The van der Waals surface area contributed by atoms with E-state index < -0.39 is 18.4 Å². The van der Waals surface area contributed by atoms with Crippen LogP contribution in [0.2, 0.25) is 0 Å². The van der Waals surface area contributed by atoms with Gasteiger partial charge in [0.05, 0.1) is 4.91 Å². The van der Waals surface area contributed by atoms with E-state index in [0.717, 1.165) is 28.0 Å². The molecule has 1 saturated heterocycles. The zero-order chi connectivity index (χ0) is 24.5. The number of nitrogens with zero attached hydrogens (tertiary/aromatic N) is 1. The summed E-state index contributed by atoms with van der Waals surface area (Å²) >= 11 is 6.18. The van der Waals surface area contributed by atoms with Crippen molar-refractivity contribution in [2.75, 3.05) is 6.54 Å². The number of hydrogen-bond acceptors (Lipinski definition) is 6. The molecule has 174 valence electrons. The van der Waals surface area contributed by atoms with Crippen LogP contribution in [-0.2, 0) is 15.0 Å². The summed E-state index contributed by atoms with van der Waals surface area (Å²) < 4.78 is 12.2. The summed E-state index contributed by atoms with van der Waals surface area (Å²) in [6.45, 7) is 6.01. The molecule has 0 spiro atoms. The molecular weight excluding hydrogens is 470 g/mol. The molecule has 0 radical (unpaired) electrons. The lowest BCUT2D eigenvalue weighted by Crippen LogP contribution is -2.33. The Balaban J connectivity index is 1.52. The molecule has 34 heavy (non-hydrogen) atoms.